The van der Waals surface area contributed by atoms with Gasteiger partial charge in [-0.3, -0.25) is 9.36 Å². The first-order valence-corrected chi connectivity index (χ1v) is 20.5. The molecule has 0 aliphatic rings. The highest BCUT2D eigenvalue weighted by molar-refractivity contribution is 7.45. The molecule has 2 unspecified atom stereocenters. The Hall–Kier alpha value is -1.02. The summed E-state index contributed by atoms with van der Waals surface area (Å²) in [6.07, 6.45) is 33.2. The Morgan fingerprint density at radius 2 is 1.13 bits per heavy atom. The van der Waals surface area contributed by atoms with Gasteiger partial charge >= 0.3 is 5.97 Å². The second-order valence-electron chi connectivity index (χ2n) is 13.9. The first-order valence-electron chi connectivity index (χ1n) is 19.1. The number of nitrogens with zero attached hydrogens (tertiary/aromatic N) is 1. The van der Waals surface area contributed by atoms with Crippen LogP contribution in [0, 0.1) is 0 Å². The molecule has 0 amide bonds. The summed E-state index contributed by atoms with van der Waals surface area (Å²) in [5.41, 5.74) is 0. The molecule has 8 nitrogen and oxygen atoms in total. The Balaban J connectivity index is 4.31. The zero-order valence-corrected chi connectivity index (χ0v) is 32.1. The van der Waals surface area contributed by atoms with E-state index in [0.717, 1.165) is 44.9 Å². The molecule has 2 atom stereocenters. The first kappa shape index (κ1) is 46.0. The molecule has 0 bridgehead atoms. The molecule has 0 saturated heterocycles. The van der Waals surface area contributed by atoms with Crippen LogP contribution in [0.5, 0.6) is 0 Å². The van der Waals surface area contributed by atoms with Crippen LogP contribution in [0.2, 0.25) is 0 Å². The third-order valence-corrected chi connectivity index (χ3v) is 8.94. The average Bonchev–Trinajstić information content (AvgIpc) is 3.01. The number of phosphoric ester groups is 1. The zero-order valence-electron chi connectivity index (χ0n) is 31.2. The lowest BCUT2D eigenvalue weighted by Crippen LogP contribution is -2.37. The van der Waals surface area contributed by atoms with Crippen molar-refractivity contribution in [2.75, 3.05) is 54.1 Å². The molecule has 0 heterocycles. The quantitative estimate of drug-likeness (QED) is 0.0215. The van der Waals surface area contributed by atoms with Crippen LogP contribution >= 0.6 is 7.82 Å². The van der Waals surface area contributed by atoms with E-state index in [-0.39, 0.29) is 25.8 Å². The summed E-state index contributed by atoms with van der Waals surface area (Å²) in [6.45, 7) is 5.33. The van der Waals surface area contributed by atoms with Crippen LogP contribution in [0.1, 0.15) is 155 Å². The first-order chi connectivity index (χ1) is 22.6. The fourth-order valence-corrected chi connectivity index (χ4v) is 5.66. The van der Waals surface area contributed by atoms with Crippen molar-refractivity contribution in [1.82, 2.24) is 0 Å². The SMILES string of the molecule is CCCC/C=C\CCCCCCCC(=O)OC(COCCCCCCCC/C=C\CCCCCC)COP(=O)([O-])OCC[N+](C)(C)C. The van der Waals surface area contributed by atoms with Gasteiger partial charge in [-0.05, 0) is 57.8 Å². The number of carbonyl (C=O) groups is 1. The summed E-state index contributed by atoms with van der Waals surface area (Å²) in [4.78, 5) is 24.9. The van der Waals surface area contributed by atoms with Gasteiger partial charge in [-0.15, -0.1) is 0 Å². The highest BCUT2D eigenvalue weighted by atomic mass is 31.2. The molecule has 0 aliphatic carbocycles. The maximum atomic E-state index is 12.6. The second-order valence-corrected chi connectivity index (χ2v) is 15.3. The predicted octanol–water partition coefficient (Wildman–Crippen LogP) is 9.86. The number of phosphoric acid groups is 1. The third-order valence-electron chi connectivity index (χ3n) is 7.98. The predicted molar refractivity (Wildman–Crippen MR) is 194 cm³/mol. The number of quaternary nitrogens is 1. The minimum Gasteiger partial charge on any atom is -0.756 e. The number of hydrogen-bond acceptors (Lipinski definition) is 7. The van der Waals surface area contributed by atoms with Gasteiger partial charge in [0.15, 0.2) is 0 Å². The van der Waals surface area contributed by atoms with E-state index in [1.807, 2.05) is 21.1 Å². The largest absolute Gasteiger partial charge is 0.756 e. The van der Waals surface area contributed by atoms with Gasteiger partial charge in [0.05, 0.1) is 34.4 Å². The molecule has 0 saturated carbocycles. The minimum atomic E-state index is -4.52. The van der Waals surface area contributed by atoms with Gasteiger partial charge in [-0.2, -0.15) is 0 Å². The third kappa shape index (κ3) is 36.1. The van der Waals surface area contributed by atoms with Crippen molar-refractivity contribution in [2.24, 2.45) is 0 Å². The summed E-state index contributed by atoms with van der Waals surface area (Å²) >= 11 is 0. The maximum absolute atomic E-state index is 12.6. The summed E-state index contributed by atoms with van der Waals surface area (Å²) in [6, 6.07) is 0. The molecule has 0 aromatic heterocycles. The van der Waals surface area contributed by atoms with Crippen molar-refractivity contribution < 1.29 is 37.3 Å². The summed E-state index contributed by atoms with van der Waals surface area (Å²) in [5.74, 6) is -0.348. The van der Waals surface area contributed by atoms with Crippen LogP contribution in [-0.2, 0) is 27.9 Å². The Bertz CT molecular complexity index is 812. The van der Waals surface area contributed by atoms with E-state index >= 15 is 0 Å². The van der Waals surface area contributed by atoms with Gasteiger partial charge in [0.25, 0.3) is 7.82 Å². The van der Waals surface area contributed by atoms with Gasteiger partial charge in [-0.1, -0.05) is 115 Å². The number of hydrogen-bond donors (Lipinski definition) is 0. The number of likely N-dealkylation sites (N-methyl/N-ethyl adjacent to an activating group) is 1. The molecule has 0 fully saturated rings. The fraction of sp³-hybridized carbons (Fsp3) is 0.868. The van der Waals surface area contributed by atoms with E-state index in [9.17, 15) is 14.3 Å². The molecule has 0 aliphatic heterocycles. The van der Waals surface area contributed by atoms with Crippen molar-refractivity contribution in [3.63, 3.8) is 0 Å². The van der Waals surface area contributed by atoms with Crippen molar-refractivity contribution in [3.8, 4) is 0 Å². The van der Waals surface area contributed by atoms with E-state index in [0.29, 0.717) is 24.1 Å². The lowest BCUT2D eigenvalue weighted by molar-refractivity contribution is -0.870. The normalized spacial score (nSPS) is 14.3. The molecular weight excluding hydrogens is 613 g/mol. The Kier molecular flexibility index (Phi) is 31.5. The number of carbonyl (C=O) groups excluding carboxylic acids is 1. The number of rotatable bonds is 35. The van der Waals surface area contributed by atoms with Crippen LogP contribution in [0.15, 0.2) is 24.3 Å². The Morgan fingerprint density at radius 3 is 1.68 bits per heavy atom. The number of esters is 1. The lowest BCUT2D eigenvalue weighted by atomic mass is 10.1. The number of unbranched alkanes of at least 4 members (excludes halogenated alkanes) is 17. The van der Waals surface area contributed by atoms with E-state index < -0.39 is 13.9 Å². The van der Waals surface area contributed by atoms with Crippen LogP contribution in [0.4, 0.5) is 0 Å². The van der Waals surface area contributed by atoms with Gasteiger partial charge in [0, 0.05) is 13.0 Å². The summed E-state index contributed by atoms with van der Waals surface area (Å²) < 4.78 is 34.4. The minimum absolute atomic E-state index is 0.0240. The van der Waals surface area contributed by atoms with Crippen molar-refractivity contribution >= 4 is 13.8 Å². The highest BCUT2D eigenvalue weighted by Crippen LogP contribution is 2.38. The number of ether oxygens (including phenoxy) is 2. The summed E-state index contributed by atoms with van der Waals surface area (Å²) in [5, 5.41) is 0. The van der Waals surface area contributed by atoms with E-state index in [1.54, 1.807) is 0 Å². The molecule has 0 N–H and O–H groups in total. The van der Waals surface area contributed by atoms with Gasteiger partial charge in [0.2, 0.25) is 0 Å². The van der Waals surface area contributed by atoms with Crippen LogP contribution in [0.25, 0.3) is 0 Å². The standard InChI is InChI=1S/C38H74NO7P/c1-6-8-10-12-14-16-18-19-20-22-24-26-28-30-33-43-35-37(36-45-47(41,42)44-34-32-39(3,4)5)46-38(40)31-29-27-25-23-21-17-15-13-11-9-7-2/h13,15-16,18,37H,6-12,14,17,19-36H2,1-5H3/b15-13-,18-16-. The molecule has 0 radical (unpaired) electrons. The topological polar surface area (TPSA) is 94.1 Å². The molecule has 0 aromatic rings. The molecule has 9 heteroatoms. The van der Waals surface area contributed by atoms with E-state index in [4.69, 9.17) is 18.5 Å². The molecule has 47 heavy (non-hydrogen) atoms. The summed E-state index contributed by atoms with van der Waals surface area (Å²) in [7, 11) is 1.35. The molecule has 278 valence electrons. The smallest absolute Gasteiger partial charge is 0.306 e. The van der Waals surface area contributed by atoms with E-state index in [2.05, 4.69) is 38.2 Å². The van der Waals surface area contributed by atoms with E-state index in [1.165, 1.54) is 89.9 Å². The van der Waals surface area contributed by atoms with Crippen LogP contribution in [0.3, 0.4) is 0 Å². The van der Waals surface area contributed by atoms with Crippen molar-refractivity contribution in [2.45, 2.75) is 161 Å². The zero-order chi connectivity index (χ0) is 34.9. The average molecular weight is 688 g/mol. The van der Waals surface area contributed by atoms with Gasteiger partial charge < -0.3 is 27.9 Å². The van der Waals surface area contributed by atoms with Crippen molar-refractivity contribution in [3.05, 3.63) is 24.3 Å². The molecule has 0 spiro atoms. The highest BCUT2D eigenvalue weighted by Gasteiger charge is 2.20. The molecular formula is C38H74NO7P. The monoisotopic (exact) mass is 688 g/mol. The fourth-order valence-electron chi connectivity index (χ4n) is 4.93. The van der Waals surface area contributed by atoms with Gasteiger partial charge in [0.1, 0.15) is 19.3 Å². The molecule has 0 aromatic carbocycles. The van der Waals surface area contributed by atoms with Gasteiger partial charge in [-0.25, -0.2) is 0 Å². The van der Waals surface area contributed by atoms with Crippen LogP contribution < -0.4 is 4.89 Å². The maximum Gasteiger partial charge on any atom is 0.306 e. The Morgan fingerprint density at radius 1 is 0.638 bits per heavy atom. The second kappa shape index (κ2) is 32.2. The van der Waals surface area contributed by atoms with Crippen LogP contribution in [-0.4, -0.2) is 70.7 Å². The molecule has 0 rings (SSSR count). The lowest BCUT2D eigenvalue weighted by Gasteiger charge is -2.28. The van der Waals surface area contributed by atoms with Crippen molar-refractivity contribution in [1.29, 1.82) is 0 Å². The number of allylic oxidation sites excluding steroid dienone is 4. The Labute approximate surface area is 290 Å².